The number of rotatable bonds is 3. The van der Waals surface area contributed by atoms with Crippen LogP contribution < -0.4 is 5.56 Å². The normalized spacial score (nSPS) is 21.1. The van der Waals surface area contributed by atoms with Crippen LogP contribution in [0.1, 0.15) is 43.6 Å². The summed E-state index contributed by atoms with van der Waals surface area (Å²) in [6, 6.07) is 16.1. The zero-order valence-corrected chi connectivity index (χ0v) is 15.5. The summed E-state index contributed by atoms with van der Waals surface area (Å²) < 4.78 is 1.52. The van der Waals surface area contributed by atoms with Crippen molar-refractivity contribution in [3.8, 4) is 0 Å². The van der Waals surface area contributed by atoms with Crippen LogP contribution in [0.4, 0.5) is 0 Å². The van der Waals surface area contributed by atoms with Crippen molar-refractivity contribution >= 4 is 16.6 Å². The predicted octanol–water partition coefficient (Wildman–Crippen LogP) is 4.22. The molecule has 4 nitrogen and oxygen atoms in total. The number of fused-ring (bicyclic) bond motifs is 1. The van der Waals surface area contributed by atoms with Crippen molar-refractivity contribution in [3.05, 3.63) is 75.8 Å². The zero-order valence-electron chi connectivity index (χ0n) is 15.5. The molecule has 0 N–H and O–H groups in total. The van der Waals surface area contributed by atoms with Gasteiger partial charge < -0.3 is 0 Å². The van der Waals surface area contributed by atoms with E-state index in [-0.39, 0.29) is 11.0 Å². The van der Waals surface area contributed by atoms with Gasteiger partial charge in [0.05, 0.1) is 10.9 Å². The van der Waals surface area contributed by atoms with Crippen molar-refractivity contribution in [1.82, 2.24) is 9.66 Å². The second-order valence-electron chi connectivity index (χ2n) is 7.26. The molecule has 26 heavy (non-hydrogen) atoms. The molecule has 132 valence electrons. The fraction of sp³-hybridized carbons (Fsp3) is 0.318. The molecule has 1 aromatic heterocycles. The average Bonchev–Trinajstić information content (AvgIpc) is 2.66. The summed E-state index contributed by atoms with van der Waals surface area (Å²) in [5.41, 5.74) is 4.10. The van der Waals surface area contributed by atoms with Gasteiger partial charge in [-0.3, -0.25) is 4.79 Å². The molecule has 0 radical (unpaired) electrons. The maximum absolute atomic E-state index is 13.0. The fourth-order valence-corrected chi connectivity index (χ4v) is 3.63. The average molecular weight is 345 g/mol. The third kappa shape index (κ3) is 2.57. The summed E-state index contributed by atoms with van der Waals surface area (Å²) in [7, 11) is 0. The zero-order chi connectivity index (χ0) is 18.3. The van der Waals surface area contributed by atoms with Gasteiger partial charge in [-0.25, -0.2) is 4.98 Å². The summed E-state index contributed by atoms with van der Waals surface area (Å²) in [6.45, 7) is 6.31. The number of hydrogen-bond acceptors (Lipinski definition) is 3. The van der Waals surface area contributed by atoms with Gasteiger partial charge in [-0.15, -0.1) is 0 Å². The molecule has 1 atom stereocenters. The lowest BCUT2D eigenvalue weighted by Gasteiger charge is -2.40. The van der Waals surface area contributed by atoms with Gasteiger partial charge in [0.2, 0.25) is 0 Å². The van der Waals surface area contributed by atoms with Gasteiger partial charge in [0.1, 0.15) is 5.82 Å². The number of aryl methyl sites for hydroxylation is 2. The minimum Gasteiger partial charge on any atom is -0.267 e. The molecule has 0 aliphatic heterocycles. The number of benzene rings is 2. The van der Waals surface area contributed by atoms with Crippen molar-refractivity contribution < 1.29 is 0 Å². The lowest BCUT2D eigenvalue weighted by atomic mass is 9.64. The molecule has 1 fully saturated rings. The van der Waals surface area contributed by atoms with Gasteiger partial charge in [0.25, 0.3) is 5.56 Å². The van der Waals surface area contributed by atoms with E-state index in [1.165, 1.54) is 15.8 Å². The van der Waals surface area contributed by atoms with Crippen LogP contribution in [0.5, 0.6) is 0 Å². The lowest BCUT2D eigenvalue weighted by molar-refractivity contribution is 0.493. The van der Waals surface area contributed by atoms with E-state index in [1.54, 1.807) is 0 Å². The second-order valence-corrected chi connectivity index (χ2v) is 7.26. The number of aromatic nitrogens is 2. The molecular formula is C22H23N3O. The Kier molecular flexibility index (Phi) is 3.98. The molecule has 1 unspecified atom stereocenters. The Bertz CT molecular complexity index is 1060. The minimum absolute atomic E-state index is 0.0851. The van der Waals surface area contributed by atoms with Crippen LogP contribution >= 0.6 is 0 Å². The van der Waals surface area contributed by atoms with Crippen LogP contribution in [0.3, 0.4) is 0 Å². The molecule has 1 saturated carbocycles. The molecule has 4 rings (SSSR count). The van der Waals surface area contributed by atoms with Crippen molar-refractivity contribution in [2.45, 2.75) is 45.4 Å². The maximum Gasteiger partial charge on any atom is 0.282 e. The van der Waals surface area contributed by atoms with Crippen molar-refractivity contribution in [3.63, 3.8) is 0 Å². The second kappa shape index (κ2) is 6.20. The van der Waals surface area contributed by atoms with Gasteiger partial charge >= 0.3 is 0 Å². The molecule has 0 saturated heterocycles. The van der Waals surface area contributed by atoms with Crippen LogP contribution in [0, 0.1) is 6.92 Å². The molecule has 1 heterocycles. The topological polar surface area (TPSA) is 47.2 Å². The highest BCUT2D eigenvalue weighted by molar-refractivity contribution is 6.00. The van der Waals surface area contributed by atoms with Crippen molar-refractivity contribution in [1.29, 1.82) is 0 Å². The highest BCUT2D eigenvalue weighted by Gasteiger charge is 2.41. The smallest absolute Gasteiger partial charge is 0.267 e. The van der Waals surface area contributed by atoms with Crippen molar-refractivity contribution in [2.75, 3.05) is 0 Å². The molecule has 0 amide bonds. The Morgan fingerprint density at radius 1 is 1.15 bits per heavy atom. The summed E-state index contributed by atoms with van der Waals surface area (Å²) >= 11 is 0. The van der Waals surface area contributed by atoms with Crippen LogP contribution in [-0.4, -0.2) is 15.4 Å². The largest absolute Gasteiger partial charge is 0.282 e. The third-order valence-electron chi connectivity index (χ3n) is 5.55. The first-order chi connectivity index (χ1) is 12.5. The minimum atomic E-state index is -0.107. The summed E-state index contributed by atoms with van der Waals surface area (Å²) in [4.78, 5) is 17.6. The Morgan fingerprint density at radius 2 is 1.88 bits per heavy atom. The Morgan fingerprint density at radius 3 is 2.54 bits per heavy atom. The molecule has 3 aromatic rings. The summed E-state index contributed by atoms with van der Waals surface area (Å²) in [6.07, 6.45) is 2.62. The molecule has 2 aromatic carbocycles. The molecule has 1 aliphatic carbocycles. The number of nitrogens with zero attached hydrogens (tertiary/aromatic N) is 3. The fourth-order valence-electron chi connectivity index (χ4n) is 3.63. The summed E-state index contributed by atoms with van der Waals surface area (Å²) in [5.74, 6) is 0.708. The number of para-hydroxylation sites is 1. The van der Waals surface area contributed by atoms with Gasteiger partial charge in [-0.2, -0.15) is 9.78 Å². The highest BCUT2D eigenvalue weighted by atomic mass is 16.1. The Balaban J connectivity index is 1.84. The SMILES string of the molecule is CCc1nc2ccccc2c(=O)n1/N=C1/CCC1(C)c1ccc(C)cc1. The summed E-state index contributed by atoms with van der Waals surface area (Å²) in [5, 5.41) is 5.41. The van der Waals surface area contributed by atoms with Crippen LogP contribution in [0.2, 0.25) is 0 Å². The first-order valence-electron chi connectivity index (χ1n) is 9.19. The van der Waals surface area contributed by atoms with Crippen molar-refractivity contribution in [2.24, 2.45) is 5.10 Å². The lowest BCUT2D eigenvalue weighted by Crippen LogP contribution is -2.43. The molecular weight excluding hydrogens is 322 g/mol. The third-order valence-corrected chi connectivity index (χ3v) is 5.55. The van der Waals surface area contributed by atoms with Gasteiger partial charge in [0.15, 0.2) is 0 Å². The number of hydrogen-bond donors (Lipinski definition) is 0. The first kappa shape index (κ1) is 16.7. The first-order valence-corrected chi connectivity index (χ1v) is 9.19. The van der Waals surface area contributed by atoms with E-state index in [1.807, 2.05) is 31.2 Å². The maximum atomic E-state index is 13.0. The van der Waals surface area contributed by atoms with Gasteiger partial charge in [-0.1, -0.05) is 55.8 Å². The molecule has 1 aliphatic rings. The van der Waals surface area contributed by atoms with Gasteiger partial charge in [-0.05, 0) is 37.5 Å². The molecule has 0 bridgehead atoms. The van der Waals surface area contributed by atoms with Crippen LogP contribution in [0.25, 0.3) is 10.9 Å². The van der Waals surface area contributed by atoms with E-state index in [0.717, 1.165) is 24.1 Å². The van der Waals surface area contributed by atoms with E-state index >= 15 is 0 Å². The van der Waals surface area contributed by atoms with Crippen LogP contribution in [0.15, 0.2) is 58.4 Å². The Hall–Kier alpha value is -2.75. The van der Waals surface area contributed by atoms with Crippen LogP contribution in [-0.2, 0) is 11.8 Å². The molecule has 0 spiro atoms. The van der Waals surface area contributed by atoms with E-state index in [9.17, 15) is 4.79 Å². The van der Waals surface area contributed by atoms with E-state index in [2.05, 4.69) is 43.1 Å². The van der Waals surface area contributed by atoms with Gasteiger partial charge in [0, 0.05) is 17.5 Å². The Labute approximate surface area is 153 Å². The predicted molar refractivity (Wildman–Crippen MR) is 106 cm³/mol. The van der Waals surface area contributed by atoms with E-state index < -0.39 is 0 Å². The van der Waals surface area contributed by atoms with E-state index in [0.29, 0.717) is 17.6 Å². The quantitative estimate of drug-likeness (QED) is 0.713. The standard InChI is InChI=1S/C22H23N3O/c1-4-20-23-18-8-6-5-7-17(18)21(26)25(20)24-19-13-14-22(19,3)16-11-9-15(2)10-12-16/h5-12H,4,13-14H2,1-3H3/b24-19-. The highest BCUT2D eigenvalue weighted by Crippen LogP contribution is 2.41. The molecule has 4 heteroatoms. The monoisotopic (exact) mass is 345 g/mol. The van der Waals surface area contributed by atoms with E-state index in [4.69, 9.17) is 5.10 Å².